The third-order valence-corrected chi connectivity index (χ3v) is 10.0. The number of H-pyrrole nitrogens is 2. The van der Waals surface area contributed by atoms with E-state index in [1.54, 1.807) is 54.6 Å². The van der Waals surface area contributed by atoms with E-state index in [4.69, 9.17) is 12.3 Å². The summed E-state index contributed by atoms with van der Waals surface area (Å²) in [5.41, 5.74) is 11.2. The molecule has 0 unspecified atom stereocenters. The number of aryl methyl sites for hydroxylation is 2. The third kappa shape index (κ3) is 8.35. The van der Waals surface area contributed by atoms with Gasteiger partial charge in [0.1, 0.15) is 5.69 Å². The predicted molar refractivity (Wildman–Crippen MR) is 221 cm³/mol. The zero-order chi connectivity index (χ0) is 40.2. The Bertz CT molecular complexity index is 2720. The van der Waals surface area contributed by atoms with E-state index in [-0.39, 0.29) is 39.9 Å². The van der Waals surface area contributed by atoms with Crippen LogP contribution in [0.25, 0.3) is 26.7 Å². The SMILES string of the molecule is Cc1cc(=O)[nH]c2ccc(NC(=O)c3nc(C(N)=O)ccc3N3CCCC3)cc12.[C-]#[N+]c1ccc(N2CCCC2)c(C(=O)Nc2ccc3[nH]c(=O)cc(C)c3c2)n1. The lowest BCUT2D eigenvalue weighted by Gasteiger charge is -2.20. The Morgan fingerprint density at radius 3 is 1.58 bits per heavy atom. The number of carbonyl (C=O) groups excluding carboxylic acids is 3. The van der Waals surface area contributed by atoms with Gasteiger partial charge in [0.05, 0.1) is 11.4 Å². The van der Waals surface area contributed by atoms with Crippen molar-refractivity contribution in [2.45, 2.75) is 39.5 Å². The quantitative estimate of drug-likeness (QED) is 0.124. The molecule has 0 aliphatic carbocycles. The fourth-order valence-corrected chi connectivity index (χ4v) is 7.23. The average Bonchev–Trinajstić information content (AvgIpc) is 3.94. The molecule has 8 rings (SSSR count). The van der Waals surface area contributed by atoms with Gasteiger partial charge in [-0.3, -0.25) is 24.0 Å². The minimum atomic E-state index is -0.683. The number of nitrogens with zero attached hydrogens (tertiary/aromatic N) is 5. The maximum atomic E-state index is 13.0. The zero-order valence-electron chi connectivity index (χ0n) is 31.4. The summed E-state index contributed by atoms with van der Waals surface area (Å²) in [6, 6.07) is 20.3. The second-order valence-corrected chi connectivity index (χ2v) is 14.0. The number of primary amides is 1. The predicted octanol–water partition coefficient (Wildman–Crippen LogP) is 5.82. The van der Waals surface area contributed by atoms with Crippen molar-refractivity contribution in [3.05, 3.63) is 133 Å². The van der Waals surface area contributed by atoms with Crippen molar-refractivity contribution >= 4 is 68.1 Å². The summed E-state index contributed by atoms with van der Waals surface area (Å²) in [6.45, 7) is 14.3. The first-order valence-corrected chi connectivity index (χ1v) is 18.6. The van der Waals surface area contributed by atoms with Crippen LogP contribution in [0.1, 0.15) is 68.3 Å². The number of pyridine rings is 4. The van der Waals surface area contributed by atoms with E-state index in [1.165, 1.54) is 12.1 Å². The fourth-order valence-electron chi connectivity index (χ4n) is 7.23. The van der Waals surface area contributed by atoms with Crippen LogP contribution in [0.2, 0.25) is 0 Å². The van der Waals surface area contributed by atoms with Crippen molar-refractivity contribution < 1.29 is 14.4 Å². The minimum Gasteiger partial charge on any atom is -0.370 e. The van der Waals surface area contributed by atoms with E-state index in [0.717, 1.165) is 79.4 Å². The lowest BCUT2D eigenvalue weighted by molar-refractivity contribution is 0.0991. The topological polar surface area (TPSA) is 204 Å². The molecule has 2 aliphatic rings. The smallest absolute Gasteiger partial charge is 0.300 e. The number of amides is 3. The third-order valence-electron chi connectivity index (χ3n) is 10.0. The first-order valence-electron chi connectivity index (χ1n) is 18.6. The van der Waals surface area contributed by atoms with Crippen LogP contribution in [-0.4, -0.2) is 63.8 Å². The number of aromatic amines is 2. The van der Waals surface area contributed by atoms with E-state index in [0.29, 0.717) is 28.1 Å². The van der Waals surface area contributed by atoms with Gasteiger partial charge < -0.3 is 41.0 Å². The standard InChI is InChI=1S/C21H21N5O3.C21H19N5O2/c1-12-10-18(27)24-15-5-4-13(11-14(12)15)23-21(29)19-17(26-8-2-3-9-26)7-6-16(25-19)20(22)28;1-13-11-19(27)24-16-6-5-14(12-15(13)16)23-21(28)20-17(26-9-3-4-10-26)7-8-18(22-2)25-20/h4-7,10-11H,2-3,8-9H2,1H3,(H2,22,28)(H,23,29)(H,24,27);5-8,11-12H,3-4,9-10H2,1H3,(H,23,28)(H,24,27). The Hall–Kier alpha value is -7.34. The van der Waals surface area contributed by atoms with Gasteiger partial charge in [-0.05, 0) is 111 Å². The van der Waals surface area contributed by atoms with Crippen molar-refractivity contribution in [1.82, 2.24) is 19.9 Å². The number of carbonyl (C=O) groups is 3. The van der Waals surface area contributed by atoms with Gasteiger partial charge in [-0.25, -0.2) is 4.98 Å². The normalized spacial score (nSPS) is 13.6. The Kier molecular flexibility index (Phi) is 10.8. The van der Waals surface area contributed by atoms with Crippen molar-refractivity contribution in [1.29, 1.82) is 0 Å². The molecule has 0 bridgehead atoms. The van der Waals surface area contributed by atoms with Gasteiger partial charge in [0, 0.05) is 71.5 Å². The second-order valence-electron chi connectivity index (χ2n) is 14.0. The minimum absolute atomic E-state index is 0.0463. The Balaban J connectivity index is 0.000000174. The highest BCUT2D eigenvalue weighted by Crippen LogP contribution is 2.29. The number of nitrogens with two attached hydrogens (primary N) is 1. The molecule has 0 saturated carbocycles. The molecule has 15 nitrogen and oxygen atoms in total. The maximum absolute atomic E-state index is 13.0. The number of anilines is 4. The van der Waals surface area contributed by atoms with Crippen LogP contribution >= 0.6 is 0 Å². The molecule has 2 fully saturated rings. The van der Waals surface area contributed by atoms with Gasteiger partial charge in [0.15, 0.2) is 5.69 Å². The number of hydrogen-bond donors (Lipinski definition) is 5. The lowest BCUT2D eigenvalue weighted by Crippen LogP contribution is -2.25. The van der Waals surface area contributed by atoms with E-state index in [9.17, 15) is 24.0 Å². The number of aromatic nitrogens is 4. The maximum Gasteiger partial charge on any atom is 0.300 e. The fraction of sp³-hybridized carbons (Fsp3) is 0.238. The molecule has 0 spiro atoms. The molecule has 2 aromatic carbocycles. The number of hydrogen-bond acceptors (Lipinski definition) is 9. The van der Waals surface area contributed by atoms with Crippen LogP contribution in [0.5, 0.6) is 0 Å². The number of nitrogens with one attached hydrogen (secondary N) is 4. The van der Waals surface area contributed by atoms with Gasteiger partial charge >= 0.3 is 0 Å². The summed E-state index contributed by atoms with van der Waals surface area (Å²) in [5.74, 6) is -1.26. The molecule has 3 amide bonds. The molecule has 6 heterocycles. The van der Waals surface area contributed by atoms with Crippen molar-refractivity contribution in [3.8, 4) is 0 Å². The van der Waals surface area contributed by atoms with Crippen LogP contribution in [0.3, 0.4) is 0 Å². The van der Waals surface area contributed by atoms with Crippen LogP contribution in [0, 0.1) is 20.4 Å². The molecule has 15 heteroatoms. The van der Waals surface area contributed by atoms with Gasteiger partial charge in [-0.15, -0.1) is 4.98 Å². The highest BCUT2D eigenvalue weighted by Gasteiger charge is 2.25. The molecule has 4 aromatic heterocycles. The van der Waals surface area contributed by atoms with E-state index in [2.05, 4.69) is 45.2 Å². The van der Waals surface area contributed by atoms with Crippen LogP contribution in [-0.2, 0) is 0 Å². The summed E-state index contributed by atoms with van der Waals surface area (Å²) in [7, 11) is 0. The Morgan fingerprint density at radius 2 is 1.12 bits per heavy atom. The number of rotatable bonds is 7. The van der Waals surface area contributed by atoms with Crippen molar-refractivity contribution in [2.75, 3.05) is 46.6 Å². The van der Waals surface area contributed by atoms with Gasteiger partial charge in [0.25, 0.3) is 23.5 Å². The van der Waals surface area contributed by atoms with Crippen LogP contribution < -0.4 is 37.3 Å². The summed E-state index contributed by atoms with van der Waals surface area (Å²) in [5, 5.41) is 7.43. The molecule has 6 aromatic rings. The molecule has 2 saturated heterocycles. The summed E-state index contributed by atoms with van der Waals surface area (Å²) in [6.07, 6.45) is 4.24. The molecule has 0 radical (unpaired) electrons. The average molecular weight is 765 g/mol. The van der Waals surface area contributed by atoms with Crippen LogP contribution in [0.4, 0.5) is 28.6 Å². The van der Waals surface area contributed by atoms with E-state index in [1.807, 2.05) is 19.9 Å². The largest absolute Gasteiger partial charge is 0.370 e. The lowest BCUT2D eigenvalue weighted by atomic mass is 10.1. The van der Waals surface area contributed by atoms with Crippen LogP contribution in [0.15, 0.2) is 82.4 Å². The number of benzene rings is 2. The zero-order valence-corrected chi connectivity index (χ0v) is 31.4. The first-order chi connectivity index (χ1) is 27.5. The van der Waals surface area contributed by atoms with Crippen molar-refractivity contribution in [3.63, 3.8) is 0 Å². The summed E-state index contributed by atoms with van der Waals surface area (Å²) >= 11 is 0. The molecular formula is C42H40N10O5. The molecule has 0 atom stereocenters. The van der Waals surface area contributed by atoms with Gasteiger partial charge in [0.2, 0.25) is 16.8 Å². The first kappa shape index (κ1) is 38.0. The van der Waals surface area contributed by atoms with E-state index < -0.39 is 11.8 Å². The van der Waals surface area contributed by atoms with Gasteiger partial charge in [-0.1, -0.05) is 6.57 Å². The molecule has 6 N–H and O–H groups in total. The summed E-state index contributed by atoms with van der Waals surface area (Å²) in [4.78, 5) is 82.4. The van der Waals surface area contributed by atoms with Crippen molar-refractivity contribution in [2.24, 2.45) is 5.73 Å². The molecular weight excluding hydrogens is 725 g/mol. The Labute approximate surface area is 326 Å². The highest BCUT2D eigenvalue weighted by molar-refractivity contribution is 6.09. The number of fused-ring (bicyclic) bond motifs is 2. The van der Waals surface area contributed by atoms with Gasteiger partial charge in [-0.2, -0.15) is 0 Å². The molecule has 57 heavy (non-hydrogen) atoms. The molecule has 2 aliphatic heterocycles. The Morgan fingerprint density at radius 1 is 0.667 bits per heavy atom. The highest BCUT2D eigenvalue weighted by atomic mass is 16.2. The monoisotopic (exact) mass is 764 g/mol. The summed E-state index contributed by atoms with van der Waals surface area (Å²) < 4.78 is 0. The van der Waals surface area contributed by atoms with E-state index >= 15 is 0 Å². The molecule has 288 valence electrons. The second kappa shape index (κ2) is 16.2.